The van der Waals surface area contributed by atoms with Gasteiger partial charge in [0.05, 0.1) is 24.1 Å². The van der Waals surface area contributed by atoms with Crippen LogP contribution >= 0.6 is 0 Å². The smallest absolute Gasteiger partial charge is 0.0674 e. The SMILES string of the molecule is CC(C)NCc1cccc(CN2CCOC(C)C2)n1. The lowest BCUT2D eigenvalue weighted by atomic mass is 10.2. The highest BCUT2D eigenvalue weighted by molar-refractivity contribution is 5.11. The highest BCUT2D eigenvalue weighted by atomic mass is 16.5. The van der Waals surface area contributed by atoms with Crippen molar-refractivity contribution in [2.24, 2.45) is 0 Å². The van der Waals surface area contributed by atoms with Gasteiger partial charge in [-0.15, -0.1) is 0 Å². The van der Waals surface area contributed by atoms with Crippen LogP contribution < -0.4 is 5.32 Å². The van der Waals surface area contributed by atoms with Crippen LogP contribution in [-0.4, -0.2) is 41.7 Å². The van der Waals surface area contributed by atoms with Crippen LogP contribution in [0.1, 0.15) is 32.2 Å². The fraction of sp³-hybridized carbons (Fsp3) is 0.667. The Morgan fingerprint density at radius 2 is 2.21 bits per heavy atom. The number of hydrogen-bond donors (Lipinski definition) is 1. The Labute approximate surface area is 116 Å². The third kappa shape index (κ3) is 4.90. The number of ether oxygens (including phenoxy) is 1. The summed E-state index contributed by atoms with van der Waals surface area (Å²) in [6, 6.07) is 6.79. The average Bonchev–Trinajstić information content (AvgIpc) is 2.37. The third-order valence-corrected chi connectivity index (χ3v) is 3.27. The van der Waals surface area contributed by atoms with E-state index in [1.54, 1.807) is 0 Å². The molecule has 1 aliphatic heterocycles. The quantitative estimate of drug-likeness (QED) is 0.879. The van der Waals surface area contributed by atoms with Crippen molar-refractivity contribution in [2.75, 3.05) is 19.7 Å². The lowest BCUT2D eigenvalue weighted by molar-refractivity contribution is -0.0216. The van der Waals surface area contributed by atoms with Crippen LogP contribution in [-0.2, 0) is 17.8 Å². The van der Waals surface area contributed by atoms with Gasteiger partial charge in [0.15, 0.2) is 0 Å². The normalized spacial score (nSPS) is 20.9. The van der Waals surface area contributed by atoms with Gasteiger partial charge in [0.25, 0.3) is 0 Å². The summed E-state index contributed by atoms with van der Waals surface area (Å²) in [6.45, 7) is 11.0. The van der Waals surface area contributed by atoms with Gasteiger partial charge in [-0.2, -0.15) is 0 Å². The summed E-state index contributed by atoms with van der Waals surface area (Å²) < 4.78 is 5.56. The Morgan fingerprint density at radius 3 is 2.95 bits per heavy atom. The molecule has 0 spiro atoms. The van der Waals surface area contributed by atoms with Crippen LogP contribution in [0, 0.1) is 0 Å². The molecule has 4 heteroatoms. The molecule has 0 bridgehead atoms. The largest absolute Gasteiger partial charge is 0.376 e. The first-order chi connectivity index (χ1) is 9.13. The van der Waals surface area contributed by atoms with Gasteiger partial charge in [-0.05, 0) is 19.1 Å². The molecule has 106 valence electrons. The van der Waals surface area contributed by atoms with Gasteiger partial charge in [0, 0.05) is 32.2 Å². The monoisotopic (exact) mass is 263 g/mol. The molecule has 1 atom stereocenters. The Hall–Kier alpha value is -0.970. The van der Waals surface area contributed by atoms with Gasteiger partial charge in [-0.25, -0.2) is 0 Å². The van der Waals surface area contributed by atoms with E-state index in [0.29, 0.717) is 12.1 Å². The Balaban J connectivity index is 1.90. The molecular formula is C15H25N3O. The highest BCUT2D eigenvalue weighted by Gasteiger charge is 2.16. The van der Waals surface area contributed by atoms with E-state index in [9.17, 15) is 0 Å². The molecule has 0 aromatic carbocycles. The standard InChI is InChI=1S/C15H25N3O/c1-12(2)16-9-14-5-4-6-15(17-14)11-18-7-8-19-13(3)10-18/h4-6,12-13,16H,7-11H2,1-3H3. The molecule has 4 nitrogen and oxygen atoms in total. The van der Waals surface area contributed by atoms with E-state index < -0.39 is 0 Å². The lowest BCUT2D eigenvalue weighted by Crippen LogP contribution is -2.40. The molecule has 1 aromatic rings. The summed E-state index contributed by atoms with van der Waals surface area (Å²) in [5, 5.41) is 3.40. The van der Waals surface area contributed by atoms with Crippen molar-refractivity contribution in [1.82, 2.24) is 15.2 Å². The van der Waals surface area contributed by atoms with Crippen molar-refractivity contribution in [2.45, 2.75) is 46.0 Å². The zero-order valence-corrected chi connectivity index (χ0v) is 12.2. The van der Waals surface area contributed by atoms with Crippen LogP contribution in [0.5, 0.6) is 0 Å². The summed E-state index contributed by atoms with van der Waals surface area (Å²) >= 11 is 0. The maximum atomic E-state index is 5.56. The Kier molecular flexibility index (Phi) is 5.31. The van der Waals surface area contributed by atoms with E-state index in [1.165, 1.54) is 0 Å². The van der Waals surface area contributed by atoms with E-state index in [-0.39, 0.29) is 0 Å². The number of nitrogens with zero attached hydrogens (tertiary/aromatic N) is 2. The molecule has 1 fully saturated rings. The number of pyridine rings is 1. The van der Waals surface area contributed by atoms with Crippen molar-refractivity contribution in [3.8, 4) is 0 Å². The van der Waals surface area contributed by atoms with Crippen LogP contribution in [0.2, 0.25) is 0 Å². The second-order valence-electron chi connectivity index (χ2n) is 5.57. The molecule has 1 unspecified atom stereocenters. The van der Waals surface area contributed by atoms with Crippen molar-refractivity contribution in [1.29, 1.82) is 0 Å². The van der Waals surface area contributed by atoms with Crippen molar-refractivity contribution in [3.63, 3.8) is 0 Å². The van der Waals surface area contributed by atoms with Crippen LogP contribution in [0.4, 0.5) is 0 Å². The summed E-state index contributed by atoms with van der Waals surface area (Å²) in [5.41, 5.74) is 2.27. The molecule has 0 aliphatic carbocycles. The summed E-state index contributed by atoms with van der Waals surface area (Å²) in [4.78, 5) is 7.13. The molecule has 2 heterocycles. The van der Waals surface area contributed by atoms with Crippen LogP contribution in [0.3, 0.4) is 0 Å². The van der Waals surface area contributed by atoms with Crippen LogP contribution in [0.25, 0.3) is 0 Å². The average molecular weight is 263 g/mol. The van der Waals surface area contributed by atoms with Gasteiger partial charge >= 0.3 is 0 Å². The molecule has 19 heavy (non-hydrogen) atoms. The highest BCUT2D eigenvalue weighted by Crippen LogP contribution is 2.09. The molecule has 0 radical (unpaired) electrons. The number of morpholine rings is 1. The van der Waals surface area contributed by atoms with Crippen LogP contribution in [0.15, 0.2) is 18.2 Å². The molecule has 1 aliphatic rings. The topological polar surface area (TPSA) is 37.4 Å². The first-order valence-corrected chi connectivity index (χ1v) is 7.15. The molecule has 1 aromatic heterocycles. The van der Waals surface area contributed by atoms with Gasteiger partial charge < -0.3 is 10.1 Å². The van der Waals surface area contributed by atoms with E-state index >= 15 is 0 Å². The Bertz CT molecular complexity index is 395. The number of hydrogen-bond acceptors (Lipinski definition) is 4. The first kappa shape index (κ1) is 14.4. The molecule has 2 rings (SSSR count). The van der Waals surface area contributed by atoms with Gasteiger partial charge in [0.2, 0.25) is 0 Å². The number of rotatable bonds is 5. The molecular weight excluding hydrogens is 238 g/mol. The van der Waals surface area contributed by atoms with E-state index in [2.05, 4.69) is 49.2 Å². The minimum atomic E-state index is 0.333. The van der Waals surface area contributed by atoms with Crippen molar-refractivity contribution in [3.05, 3.63) is 29.6 Å². The molecule has 0 saturated carbocycles. The predicted octanol–water partition coefficient (Wildman–Crippen LogP) is 1.80. The van der Waals surface area contributed by atoms with Gasteiger partial charge in [-0.3, -0.25) is 9.88 Å². The minimum Gasteiger partial charge on any atom is -0.376 e. The first-order valence-electron chi connectivity index (χ1n) is 7.15. The fourth-order valence-corrected chi connectivity index (χ4v) is 2.29. The van der Waals surface area contributed by atoms with E-state index in [4.69, 9.17) is 9.72 Å². The van der Waals surface area contributed by atoms with Gasteiger partial charge in [0.1, 0.15) is 0 Å². The molecule has 0 amide bonds. The summed E-state index contributed by atoms with van der Waals surface area (Å²) in [6.07, 6.45) is 0.333. The predicted molar refractivity (Wildman–Crippen MR) is 76.9 cm³/mol. The minimum absolute atomic E-state index is 0.333. The van der Waals surface area contributed by atoms with E-state index in [1.807, 2.05) is 0 Å². The zero-order chi connectivity index (χ0) is 13.7. The van der Waals surface area contributed by atoms with Crippen molar-refractivity contribution >= 4 is 0 Å². The number of aromatic nitrogens is 1. The maximum Gasteiger partial charge on any atom is 0.0674 e. The second kappa shape index (κ2) is 6.98. The second-order valence-corrected chi connectivity index (χ2v) is 5.57. The third-order valence-electron chi connectivity index (χ3n) is 3.27. The summed E-state index contributed by atoms with van der Waals surface area (Å²) in [7, 11) is 0. The summed E-state index contributed by atoms with van der Waals surface area (Å²) in [5.74, 6) is 0. The zero-order valence-electron chi connectivity index (χ0n) is 12.2. The van der Waals surface area contributed by atoms with Gasteiger partial charge in [-0.1, -0.05) is 19.9 Å². The Morgan fingerprint density at radius 1 is 1.42 bits per heavy atom. The van der Waals surface area contributed by atoms with E-state index in [0.717, 1.165) is 44.2 Å². The number of nitrogens with one attached hydrogen (secondary N) is 1. The fourth-order valence-electron chi connectivity index (χ4n) is 2.29. The lowest BCUT2D eigenvalue weighted by Gasteiger charge is -2.30. The van der Waals surface area contributed by atoms with Crippen molar-refractivity contribution < 1.29 is 4.74 Å². The molecule has 1 N–H and O–H groups in total. The molecule has 1 saturated heterocycles. The maximum absolute atomic E-state index is 5.56.